The fourth-order valence-electron chi connectivity index (χ4n) is 5.81. The molecule has 40 heavy (non-hydrogen) atoms. The van der Waals surface area contributed by atoms with E-state index in [1.807, 2.05) is 29.8 Å². The smallest absolute Gasteiger partial charge is 0.298 e. The van der Waals surface area contributed by atoms with E-state index in [1.54, 1.807) is 18.6 Å². The second-order valence-corrected chi connectivity index (χ2v) is 11.7. The largest absolute Gasteiger partial charge is 0.418 e. The van der Waals surface area contributed by atoms with Crippen molar-refractivity contribution in [2.24, 2.45) is 22.1 Å². The van der Waals surface area contributed by atoms with E-state index in [0.717, 1.165) is 48.5 Å². The van der Waals surface area contributed by atoms with Crippen LogP contribution in [0.5, 0.6) is 0 Å². The van der Waals surface area contributed by atoms with Crippen molar-refractivity contribution < 1.29 is 17.7 Å². The van der Waals surface area contributed by atoms with Crippen molar-refractivity contribution in [3.63, 3.8) is 0 Å². The number of rotatable bonds is 6. The van der Waals surface area contributed by atoms with Crippen LogP contribution in [0.25, 0.3) is 11.2 Å². The molecule has 2 aromatic heterocycles. The zero-order valence-electron chi connectivity index (χ0n) is 22.9. The summed E-state index contributed by atoms with van der Waals surface area (Å²) in [5.74, 6) is 0.948. The number of likely N-dealkylation sites (N-methyl/N-ethyl adjacent to an activating group) is 1. The quantitative estimate of drug-likeness (QED) is 0.340. The van der Waals surface area contributed by atoms with Gasteiger partial charge in [0.05, 0.1) is 34.8 Å². The fraction of sp³-hybridized carbons (Fsp3) is 0.500. The Morgan fingerprint density at radius 1 is 1.07 bits per heavy atom. The number of aromatic nitrogens is 2. The zero-order chi connectivity index (χ0) is 28.0. The number of azo groups is 1. The SMILES string of the molecule is C1CC1.CC1CN(Cc2cc(C(F)(F)F)c3cn(-c4cccc([C@H]([C]5N=NC=[N+]5C)C5CCC5)c4)c(=O)n3c2)C1. The molecule has 2 aliphatic carbocycles. The summed E-state index contributed by atoms with van der Waals surface area (Å²) < 4.78 is 46.6. The van der Waals surface area contributed by atoms with E-state index >= 15 is 0 Å². The van der Waals surface area contributed by atoms with Gasteiger partial charge in [0, 0.05) is 32.0 Å². The van der Waals surface area contributed by atoms with Crippen molar-refractivity contribution in [2.45, 2.75) is 64.1 Å². The number of hydrogen-bond acceptors (Lipinski definition) is 4. The third-order valence-electron chi connectivity index (χ3n) is 8.18. The first-order valence-corrected chi connectivity index (χ1v) is 14.2. The predicted octanol–water partition coefficient (Wildman–Crippen LogP) is 6.24. The minimum Gasteiger partial charge on any atom is -0.298 e. The van der Waals surface area contributed by atoms with E-state index in [0.29, 0.717) is 29.6 Å². The molecule has 0 spiro atoms. The summed E-state index contributed by atoms with van der Waals surface area (Å²) >= 11 is 0. The molecule has 1 atom stereocenters. The van der Waals surface area contributed by atoms with Crippen LogP contribution >= 0.6 is 0 Å². The molecule has 10 heteroatoms. The van der Waals surface area contributed by atoms with E-state index in [1.165, 1.54) is 36.1 Å². The van der Waals surface area contributed by atoms with Gasteiger partial charge in [-0.15, -0.1) is 0 Å². The third-order valence-corrected chi connectivity index (χ3v) is 8.18. The average Bonchev–Trinajstić information content (AvgIpc) is 3.64. The molecular weight excluding hydrogens is 517 g/mol. The third kappa shape index (κ3) is 5.38. The standard InChI is InChI=1S/C27H29F3N6O.C3H6/c1-17-11-34(12-17)13-18-9-22(27(28,29)30)23-15-35(26(37)36(23)14-18)21-8-4-7-20(10-21)24(19-5-3-6-19)25-32-31-16-33(25)2;1-2-3-1/h4,7-10,14-17,19,24H,3,5-6,11-13H2,1-2H3;1-3H2/q+1;/t24-;/m1./s1. The number of hydrogen-bond donors (Lipinski definition) is 0. The molecule has 0 N–H and O–H groups in total. The molecule has 1 saturated heterocycles. The van der Waals surface area contributed by atoms with Crippen molar-refractivity contribution in [1.29, 1.82) is 0 Å². The van der Waals surface area contributed by atoms with E-state index in [2.05, 4.69) is 22.1 Å². The van der Waals surface area contributed by atoms with Crippen LogP contribution in [0.4, 0.5) is 13.2 Å². The van der Waals surface area contributed by atoms with Gasteiger partial charge in [0.15, 0.2) is 0 Å². The number of benzene rings is 1. The second-order valence-electron chi connectivity index (χ2n) is 11.7. The lowest BCUT2D eigenvalue weighted by Crippen LogP contribution is -2.44. The van der Waals surface area contributed by atoms with Gasteiger partial charge >= 0.3 is 24.4 Å². The van der Waals surface area contributed by atoms with E-state index in [-0.39, 0.29) is 11.4 Å². The molecule has 7 nitrogen and oxygen atoms in total. The lowest BCUT2D eigenvalue weighted by molar-refractivity contribution is -0.480. The van der Waals surface area contributed by atoms with Gasteiger partial charge in [-0.25, -0.2) is 9.37 Å². The van der Waals surface area contributed by atoms with E-state index < -0.39 is 17.4 Å². The molecular formula is C30H35F3N6O+. The Labute approximate surface area is 231 Å². The van der Waals surface area contributed by atoms with Gasteiger partial charge in [0.2, 0.25) is 0 Å². The number of alkyl halides is 3. The Hall–Kier alpha value is -3.27. The number of fused-ring (bicyclic) bond motifs is 1. The highest BCUT2D eigenvalue weighted by molar-refractivity contribution is 5.58. The highest BCUT2D eigenvalue weighted by atomic mass is 19.4. The summed E-state index contributed by atoms with van der Waals surface area (Å²) in [5, 5.41) is 8.40. The molecule has 4 aliphatic rings. The normalized spacial score (nSPS) is 20.6. The Morgan fingerprint density at radius 3 is 2.40 bits per heavy atom. The van der Waals surface area contributed by atoms with Gasteiger partial charge in [0.25, 0.3) is 0 Å². The van der Waals surface area contributed by atoms with Crippen LogP contribution in [0.3, 0.4) is 0 Å². The minimum atomic E-state index is -4.58. The molecule has 1 radical (unpaired) electrons. The highest BCUT2D eigenvalue weighted by Gasteiger charge is 2.42. The van der Waals surface area contributed by atoms with Crippen molar-refractivity contribution in [3.8, 4) is 5.69 Å². The molecule has 0 amide bonds. The lowest BCUT2D eigenvalue weighted by Gasteiger charge is -2.37. The first-order chi connectivity index (χ1) is 19.2. The van der Waals surface area contributed by atoms with Gasteiger partial charge in [0.1, 0.15) is 0 Å². The summed E-state index contributed by atoms with van der Waals surface area (Å²) in [7, 11) is 1.91. The highest BCUT2D eigenvalue weighted by Crippen LogP contribution is 2.46. The summed E-state index contributed by atoms with van der Waals surface area (Å²) in [6.07, 6.45) is 8.60. The van der Waals surface area contributed by atoms with Crippen LogP contribution in [-0.2, 0) is 12.7 Å². The maximum absolute atomic E-state index is 14.1. The van der Waals surface area contributed by atoms with Gasteiger partial charge in [-0.05, 0) is 59.1 Å². The fourth-order valence-corrected chi connectivity index (χ4v) is 5.81. The molecule has 211 valence electrons. The van der Waals surface area contributed by atoms with Crippen LogP contribution in [0.1, 0.15) is 68.1 Å². The van der Waals surface area contributed by atoms with Crippen molar-refractivity contribution in [3.05, 3.63) is 76.1 Å². The second kappa shape index (κ2) is 10.6. The van der Waals surface area contributed by atoms with Crippen molar-refractivity contribution in [2.75, 3.05) is 20.1 Å². The Balaban J connectivity index is 0.000000905. The molecule has 7 rings (SSSR count). The zero-order valence-corrected chi connectivity index (χ0v) is 22.9. The summed E-state index contributed by atoms with van der Waals surface area (Å²) in [6, 6.07) is 8.68. The number of halogens is 3. The van der Waals surface area contributed by atoms with Gasteiger partial charge in [-0.2, -0.15) is 13.2 Å². The van der Waals surface area contributed by atoms with E-state index in [9.17, 15) is 18.0 Å². The number of pyridine rings is 1. The number of nitrogens with zero attached hydrogens (tertiary/aromatic N) is 6. The molecule has 0 unspecified atom stereocenters. The Morgan fingerprint density at radius 2 is 1.82 bits per heavy atom. The van der Waals surface area contributed by atoms with Crippen LogP contribution in [0, 0.1) is 18.0 Å². The summed E-state index contributed by atoms with van der Waals surface area (Å²) in [5.41, 5.74) is 0.528. The number of likely N-dealkylation sites (tertiary alicyclic amines) is 1. The first-order valence-electron chi connectivity index (χ1n) is 14.2. The monoisotopic (exact) mass is 552 g/mol. The van der Waals surface area contributed by atoms with Crippen molar-refractivity contribution in [1.82, 2.24) is 13.9 Å². The van der Waals surface area contributed by atoms with Gasteiger partial charge in [-0.3, -0.25) is 13.9 Å². The summed E-state index contributed by atoms with van der Waals surface area (Å²) in [6.45, 7) is 4.18. The minimum absolute atomic E-state index is 0.00481. The predicted molar refractivity (Wildman–Crippen MR) is 147 cm³/mol. The first kappa shape index (κ1) is 26.9. The van der Waals surface area contributed by atoms with Crippen molar-refractivity contribution >= 4 is 11.9 Å². The van der Waals surface area contributed by atoms with Gasteiger partial charge < -0.3 is 0 Å². The molecule has 3 aromatic rings. The maximum atomic E-state index is 14.1. The molecule has 2 aliphatic heterocycles. The van der Waals surface area contributed by atoms with E-state index in [4.69, 9.17) is 0 Å². The molecule has 3 fully saturated rings. The lowest BCUT2D eigenvalue weighted by atomic mass is 9.71. The Kier molecular flexibility index (Phi) is 7.14. The Bertz CT molecular complexity index is 1510. The van der Waals surface area contributed by atoms with Crippen LogP contribution in [0.15, 0.2) is 57.7 Å². The molecule has 4 heterocycles. The average molecular weight is 553 g/mol. The van der Waals surface area contributed by atoms with Gasteiger partial charge in [-0.1, -0.05) is 44.7 Å². The molecule has 2 saturated carbocycles. The maximum Gasteiger partial charge on any atom is 0.418 e. The number of imidazole rings is 1. The van der Waals surface area contributed by atoms with Crippen LogP contribution in [0.2, 0.25) is 0 Å². The summed E-state index contributed by atoms with van der Waals surface area (Å²) in [4.78, 5) is 15.6. The topological polar surface area (TPSA) is 57.4 Å². The molecule has 0 bridgehead atoms. The van der Waals surface area contributed by atoms with Crippen LogP contribution in [-0.4, -0.2) is 44.9 Å². The van der Waals surface area contributed by atoms with Crippen LogP contribution < -0.4 is 5.69 Å². The molecule has 1 aromatic carbocycles.